The number of piperazine rings is 1. The monoisotopic (exact) mass is 737 g/mol. The predicted molar refractivity (Wildman–Crippen MR) is 192 cm³/mol. The van der Waals surface area contributed by atoms with Crippen molar-refractivity contribution in [1.82, 2.24) is 9.21 Å². The number of ether oxygens (including phenoxy) is 2. The molecule has 2 fully saturated rings. The number of rotatable bonds is 10. The van der Waals surface area contributed by atoms with Crippen LogP contribution in [0.25, 0.3) is 11.1 Å². The van der Waals surface area contributed by atoms with Crippen LogP contribution in [0, 0.1) is 0 Å². The van der Waals surface area contributed by atoms with Crippen LogP contribution in [0.5, 0.6) is 5.75 Å². The number of morpholine rings is 1. The fourth-order valence-corrected chi connectivity index (χ4v) is 6.89. The molecule has 274 valence electrons. The Morgan fingerprint density at radius 1 is 0.750 bits per heavy atom. The van der Waals surface area contributed by atoms with E-state index in [0.717, 1.165) is 30.4 Å². The zero-order valence-corrected chi connectivity index (χ0v) is 29.2. The number of alkyl halides is 3. The number of carbonyl (C=O) groups excluding carboxylic acids is 2. The second-order valence-electron chi connectivity index (χ2n) is 12.5. The number of sulfonamides is 1. The quantitative estimate of drug-likeness (QED) is 0.214. The van der Waals surface area contributed by atoms with Gasteiger partial charge < -0.3 is 25.0 Å². The highest BCUT2D eigenvalue weighted by Gasteiger charge is 2.32. The zero-order chi connectivity index (χ0) is 36.9. The van der Waals surface area contributed by atoms with Gasteiger partial charge in [0.05, 0.1) is 19.5 Å². The lowest BCUT2D eigenvalue weighted by atomic mass is 10.00. The largest absolute Gasteiger partial charge is 0.573 e. The maximum Gasteiger partial charge on any atom is 0.573 e. The van der Waals surface area contributed by atoms with Crippen molar-refractivity contribution in [3.8, 4) is 16.9 Å². The Morgan fingerprint density at radius 2 is 1.31 bits per heavy atom. The molecule has 52 heavy (non-hydrogen) atoms. The van der Waals surface area contributed by atoms with Gasteiger partial charge in [0.25, 0.3) is 11.8 Å². The third-order valence-corrected chi connectivity index (χ3v) is 10.1. The van der Waals surface area contributed by atoms with Gasteiger partial charge in [-0.3, -0.25) is 14.5 Å². The van der Waals surface area contributed by atoms with Crippen molar-refractivity contribution >= 4 is 38.9 Å². The number of carbonyl (C=O) groups is 2. The number of amides is 2. The standard InChI is InChI=1S/C37H38F3N5O6S/c1-52(48,49)45-18-16-43(17-19-45)25-26-2-9-30(10-3-26)41-35(46)28-6-4-27(5-7-28)33-24-29(8-15-34(33)51-37(38,39)40)36(47)42-31-11-13-32(14-12-31)44-20-22-50-23-21-44/h2-15,24H,16-23,25H2,1H3,(H,41,46)(H,42,47). The minimum atomic E-state index is -4.97. The molecule has 2 aliphatic rings. The molecule has 2 aliphatic heterocycles. The van der Waals surface area contributed by atoms with Crippen LogP contribution in [-0.2, 0) is 21.3 Å². The van der Waals surface area contributed by atoms with E-state index in [1.54, 1.807) is 24.3 Å². The van der Waals surface area contributed by atoms with E-state index in [1.165, 1.54) is 47.0 Å². The second-order valence-corrected chi connectivity index (χ2v) is 14.5. The number of nitrogens with zero attached hydrogens (tertiary/aromatic N) is 3. The average molecular weight is 738 g/mol. The van der Waals surface area contributed by atoms with Gasteiger partial charge in [-0.25, -0.2) is 8.42 Å². The summed E-state index contributed by atoms with van der Waals surface area (Å²) in [6.45, 7) is 5.55. The second kappa shape index (κ2) is 15.7. The summed E-state index contributed by atoms with van der Waals surface area (Å²) < 4.78 is 74.7. The number of hydrogen-bond acceptors (Lipinski definition) is 8. The van der Waals surface area contributed by atoms with Gasteiger partial charge in [0, 0.05) is 79.6 Å². The first-order valence-corrected chi connectivity index (χ1v) is 18.5. The Kier molecular flexibility index (Phi) is 11.1. The van der Waals surface area contributed by atoms with Gasteiger partial charge in [-0.1, -0.05) is 24.3 Å². The molecule has 4 aromatic carbocycles. The van der Waals surface area contributed by atoms with Crippen molar-refractivity contribution < 1.29 is 40.7 Å². The first kappa shape index (κ1) is 36.8. The summed E-state index contributed by atoms with van der Waals surface area (Å²) in [5.74, 6) is -1.43. The highest BCUT2D eigenvalue weighted by atomic mass is 32.2. The van der Waals surface area contributed by atoms with E-state index in [9.17, 15) is 31.2 Å². The first-order chi connectivity index (χ1) is 24.8. The van der Waals surface area contributed by atoms with Crippen molar-refractivity contribution in [3.63, 3.8) is 0 Å². The summed E-state index contributed by atoms with van der Waals surface area (Å²) in [6.07, 6.45) is -3.76. The highest BCUT2D eigenvalue weighted by Crippen LogP contribution is 2.35. The van der Waals surface area contributed by atoms with E-state index in [4.69, 9.17) is 4.74 Å². The van der Waals surface area contributed by atoms with Gasteiger partial charge in [-0.2, -0.15) is 4.31 Å². The van der Waals surface area contributed by atoms with Gasteiger partial charge in [0.2, 0.25) is 10.0 Å². The smallest absolute Gasteiger partial charge is 0.405 e. The fraction of sp³-hybridized carbons (Fsp3) is 0.297. The summed E-state index contributed by atoms with van der Waals surface area (Å²) >= 11 is 0. The molecule has 0 atom stereocenters. The normalized spacial score (nSPS) is 16.0. The number of anilines is 3. The Balaban J connectivity index is 1.10. The van der Waals surface area contributed by atoms with Crippen molar-refractivity contribution in [2.75, 3.05) is 74.3 Å². The Labute approximate surface area is 300 Å². The number of benzene rings is 4. The number of hydrogen-bond donors (Lipinski definition) is 2. The minimum Gasteiger partial charge on any atom is -0.405 e. The molecule has 0 bridgehead atoms. The molecule has 2 amide bonds. The van der Waals surface area contributed by atoms with Crippen LogP contribution < -0.4 is 20.3 Å². The molecule has 2 heterocycles. The molecule has 15 heteroatoms. The van der Waals surface area contributed by atoms with Crippen LogP contribution >= 0.6 is 0 Å². The third-order valence-electron chi connectivity index (χ3n) is 8.85. The maximum atomic E-state index is 13.3. The van der Waals surface area contributed by atoms with E-state index < -0.39 is 33.9 Å². The number of halogens is 3. The molecule has 6 rings (SSSR count). The SMILES string of the molecule is CS(=O)(=O)N1CCN(Cc2ccc(NC(=O)c3ccc(-c4cc(C(=O)Nc5ccc(N6CCOCC6)cc5)ccc4OC(F)(F)F)cc3)cc2)CC1. The molecule has 0 unspecified atom stereocenters. The summed E-state index contributed by atoms with van der Waals surface area (Å²) in [4.78, 5) is 30.6. The molecule has 0 saturated carbocycles. The van der Waals surface area contributed by atoms with Crippen LogP contribution in [0.2, 0.25) is 0 Å². The van der Waals surface area contributed by atoms with Crippen molar-refractivity contribution in [3.05, 3.63) is 108 Å². The van der Waals surface area contributed by atoms with Crippen LogP contribution in [0.4, 0.5) is 30.2 Å². The Bertz CT molecular complexity index is 1980. The summed E-state index contributed by atoms with van der Waals surface area (Å²) in [5, 5.41) is 5.61. The third kappa shape index (κ3) is 9.67. The number of nitrogens with one attached hydrogen (secondary N) is 2. The van der Waals surface area contributed by atoms with Crippen molar-refractivity contribution in [2.45, 2.75) is 12.9 Å². The topological polar surface area (TPSA) is 121 Å². The molecule has 0 aliphatic carbocycles. The molecule has 2 saturated heterocycles. The average Bonchev–Trinajstić information content (AvgIpc) is 3.12. The van der Waals surface area contributed by atoms with Crippen molar-refractivity contribution in [1.29, 1.82) is 0 Å². The van der Waals surface area contributed by atoms with Gasteiger partial charge in [0.1, 0.15) is 5.75 Å². The van der Waals surface area contributed by atoms with Crippen molar-refractivity contribution in [2.24, 2.45) is 0 Å². The lowest BCUT2D eigenvalue weighted by Gasteiger charge is -2.33. The summed E-state index contributed by atoms with van der Waals surface area (Å²) in [5.41, 5.74) is 3.78. The summed E-state index contributed by atoms with van der Waals surface area (Å²) in [7, 11) is -3.20. The molecule has 4 aromatic rings. The molecule has 0 spiro atoms. The van der Waals surface area contributed by atoms with E-state index in [2.05, 4.69) is 25.2 Å². The van der Waals surface area contributed by atoms with Gasteiger partial charge in [-0.05, 0) is 77.9 Å². The molecule has 0 radical (unpaired) electrons. The Hall–Kier alpha value is -4.96. The van der Waals surface area contributed by atoms with Gasteiger partial charge >= 0.3 is 6.36 Å². The maximum absolute atomic E-state index is 13.3. The molecule has 2 N–H and O–H groups in total. The summed E-state index contributed by atoms with van der Waals surface area (Å²) in [6, 6.07) is 24.2. The molecular formula is C37H38F3N5O6S. The lowest BCUT2D eigenvalue weighted by Crippen LogP contribution is -2.47. The van der Waals surface area contributed by atoms with E-state index in [0.29, 0.717) is 62.9 Å². The molecule has 11 nitrogen and oxygen atoms in total. The Morgan fingerprint density at radius 3 is 1.88 bits per heavy atom. The zero-order valence-electron chi connectivity index (χ0n) is 28.4. The molecule has 0 aromatic heterocycles. The van der Waals surface area contributed by atoms with E-state index in [-0.39, 0.29) is 16.7 Å². The van der Waals surface area contributed by atoms with Crippen LogP contribution in [0.1, 0.15) is 26.3 Å². The van der Waals surface area contributed by atoms with Crippen LogP contribution in [0.3, 0.4) is 0 Å². The van der Waals surface area contributed by atoms with Crippen LogP contribution in [0.15, 0.2) is 91.0 Å². The van der Waals surface area contributed by atoms with Gasteiger partial charge in [-0.15, -0.1) is 13.2 Å². The molecular weight excluding hydrogens is 699 g/mol. The van der Waals surface area contributed by atoms with E-state index in [1.807, 2.05) is 24.3 Å². The first-order valence-electron chi connectivity index (χ1n) is 16.6. The minimum absolute atomic E-state index is 0.0212. The van der Waals surface area contributed by atoms with Gasteiger partial charge in [0.15, 0.2) is 0 Å². The lowest BCUT2D eigenvalue weighted by molar-refractivity contribution is -0.274. The predicted octanol–water partition coefficient (Wildman–Crippen LogP) is 5.67. The fourth-order valence-electron chi connectivity index (χ4n) is 6.07. The van der Waals surface area contributed by atoms with E-state index >= 15 is 0 Å². The van der Waals surface area contributed by atoms with Crippen LogP contribution in [-0.4, -0.2) is 94.5 Å². The highest BCUT2D eigenvalue weighted by molar-refractivity contribution is 7.88.